The van der Waals surface area contributed by atoms with E-state index in [9.17, 15) is 31.1 Å². The second-order valence-electron chi connectivity index (χ2n) is 7.04. The van der Waals surface area contributed by atoms with Crippen LogP contribution in [0.1, 0.15) is 38.5 Å². The molecule has 0 aromatic carbocycles. The molecule has 0 bridgehead atoms. The summed E-state index contributed by atoms with van der Waals surface area (Å²) in [5.41, 5.74) is -2.22. The standard InChI is InChI=1S/C15H16F6N2O/c1-8-11(16)2-10(24)3-12(15(19,20)21)22-23(8)9-4-13(5-9)6-14(17,18)7-13/h9,11H,1-7H2/b22-12+. The predicted octanol–water partition coefficient (Wildman–Crippen LogP) is 4.00. The van der Waals surface area contributed by atoms with Crippen LogP contribution in [-0.4, -0.2) is 40.8 Å². The number of halogens is 6. The highest BCUT2D eigenvalue weighted by atomic mass is 19.4. The third-order valence-electron chi connectivity index (χ3n) is 4.93. The molecule has 0 amide bonds. The molecule has 3 aliphatic rings. The minimum atomic E-state index is -4.82. The van der Waals surface area contributed by atoms with E-state index in [1.165, 1.54) is 0 Å². The highest BCUT2D eigenvalue weighted by molar-refractivity contribution is 6.05. The number of hydrogen-bond donors (Lipinski definition) is 0. The van der Waals surface area contributed by atoms with Crippen molar-refractivity contribution in [2.45, 2.75) is 62.8 Å². The van der Waals surface area contributed by atoms with E-state index in [2.05, 4.69) is 11.7 Å². The maximum Gasteiger partial charge on any atom is 0.431 e. The van der Waals surface area contributed by atoms with Gasteiger partial charge in [0.15, 0.2) is 0 Å². The Morgan fingerprint density at radius 2 is 1.79 bits per heavy atom. The van der Waals surface area contributed by atoms with Crippen molar-refractivity contribution in [3.63, 3.8) is 0 Å². The molecule has 9 heteroatoms. The lowest BCUT2D eigenvalue weighted by atomic mass is 9.52. The van der Waals surface area contributed by atoms with Crippen LogP contribution in [0.4, 0.5) is 26.3 Å². The normalized spacial score (nSPS) is 32.5. The molecule has 0 aromatic rings. The minimum Gasteiger partial charge on any atom is -0.299 e. The molecule has 3 nitrogen and oxygen atoms in total. The molecule has 1 atom stereocenters. The fraction of sp³-hybridized carbons (Fsp3) is 0.733. The first kappa shape index (κ1) is 17.3. The van der Waals surface area contributed by atoms with E-state index >= 15 is 0 Å². The Hall–Kier alpha value is -1.54. The van der Waals surface area contributed by atoms with Gasteiger partial charge in [-0.3, -0.25) is 9.80 Å². The van der Waals surface area contributed by atoms with Gasteiger partial charge in [-0.1, -0.05) is 6.58 Å². The fourth-order valence-corrected chi connectivity index (χ4v) is 3.87. The molecule has 1 unspecified atom stereocenters. The summed E-state index contributed by atoms with van der Waals surface area (Å²) < 4.78 is 79.1. The molecular weight excluding hydrogens is 338 g/mol. The number of hydrogen-bond acceptors (Lipinski definition) is 3. The number of allylic oxidation sites excluding steroid dienone is 1. The van der Waals surface area contributed by atoms with E-state index in [1.54, 1.807) is 0 Å². The van der Waals surface area contributed by atoms with Crippen LogP contribution in [0.2, 0.25) is 0 Å². The number of carbonyl (C=O) groups excluding carboxylic acids is 1. The molecule has 2 aliphatic carbocycles. The number of nitrogens with zero attached hydrogens (tertiary/aromatic N) is 2. The van der Waals surface area contributed by atoms with Gasteiger partial charge in [-0.05, 0) is 18.3 Å². The lowest BCUT2D eigenvalue weighted by Gasteiger charge is -2.59. The van der Waals surface area contributed by atoms with Crippen LogP contribution in [-0.2, 0) is 4.79 Å². The molecule has 2 saturated carbocycles. The number of alkyl halides is 6. The van der Waals surface area contributed by atoms with Crippen molar-refractivity contribution in [2.24, 2.45) is 10.5 Å². The first-order chi connectivity index (χ1) is 10.9. The number of hydrazone groups is 1. The lowest BCUT2D eigenvalue weighted by molar-refractivity contribution is -0.208. The van der Waals surface area contributed by atoms with Crippen molar-refractivity contribution >= 4 is 11.5 Å². The monoisotopic (exact) mass is 354 g/mol. The second kappa shape index (κ2) is 5.23. The molecule has 0 saturated heterocycles. The Balaban J connectivity index is 1.81. The van der Waals surface area contributed by atoms with Gasteiger partial charge in [0.2, 0.25) is 5.92 Å². The Morgan fingerprint density at radius 1 is 1.21 bits per heavy atom. The van der Waals surface area contributed by atoms with Crippen molar-refractivity contribution in [1.82, 2.24) is 5.01 Å². The Bertz CT molecular complexity index is 596. The van der Waals surface area contributed by atoms with Crippen LogP contribution >= 0.6 is 0 Å². The molecule has 0 radical (unpaired) electrons. The van der Waals surface area contributed by atoms with Gasteiger partial charge in [-0.25, -0.2) is 13.2 Å². The summed E-state index contributed by atoms with van der Waals surface area (Å²) in [6.45, 7) is 3.43. The zero-order valence-electron chi connectivity index (χ0n) is 12.7. The van der Waals surface area contributed by atoms with Gasteiger partial charge in [0.1, 0.15) is 17.7 Å². The molecule has 24 heavy (non-hydrogen) atoms. The molecule has 0 aromatic heterocycles. The molecule has 134 valence electrons. The van der Waals surface area contributed by atoms with Crippen molar-refractivity contribution in [3.05, 3.63) is 12.3 Å². The summed E-state index contributed by atoms with van der Waals surface area (Å²) in [6, 6.07) is -0.600. The van der Waals surface area contributed by atoms with Gasteiger partial charge in [0, 0.05) is 19.3 Å². The number of ketones is 1. The van der Waals surface area contributed by atoms with E-state index < -0.39 is 54.1 Å². The number of carbonyl (C=O) groups is 1. The average molecular weight is 354 g/mol. The largest absolute Gasteiger partial charge is 0.431 e. The Kier molecular flexibility index (Phi) is 3.76. The van der Waals surface area contributed by atoms with E-state index in [0.29, 0.717) is 0 Å². The van der Waals surface area contributed by atoms with Crippen molar-refractivity contribution in [2.75, 3.05) is 0 Å². The van der Waals surface area contributed by atoms with Crippen molar-refractivity contribution in [3.8, 4) is 0 Å². The maximum atomic E-state index is 14.0. The van der Waals surface area contributed by atoms with Gasteiger partial charge in [-0.15, -0.1) is 0 Å². The molecule has 0 N–H and O–H groups in total. The van der Waals surface area contributed by atoms with E-state index in [-0.39, 0.29) is 31.4 Å². The highest BCUT2D eigenvalue weighted by Gasteiger charge is 2.63. The Morgan fingerprint density at radius 3 is 2.29 bits per heavy atom. The summed E-state index contributed by atoms with van der Waals surface area (Å²) in [5, 5.41) is 4.31. The van der Waals surface area contributed by atoms with Gasteiger partial charge in [-0.2, -0.15) is 18.3 Å². The topological polar surface area (TPSA) is 32.7 Å². The summed E-state index contributed by atoms with van der Waals surface area (Å²) in [4.78, 5) is 11.5. The SMILES string of the molecule is C=C1C(F)CC(=O)C/C(C(F)(F)F)=N\N1C1CC2(C1)CC(F)(F)C2. The van der Waals surface area contributed by atoms with Crippen LogP contribution in [0.5, 0.6) is 0 Å². The van der Waals surface area contributed by atoms with Gasteiger partial charge in [0.05, 0.1) is 18.2 Å². The zero-order valence-corrected chi connectivity index (χ0v) is 12.7. The van der Waals surface area contributed by atoms with Crippen molar-refractivity contribution < 1.29 is 31.1 Å². The minimum absolute atomic E-state index is 0.219. The molecular formula is C15H16F6N2O. The third kappa shape index (κ3) is 3.04. The Labute approximate surface area is 134 Å². The van der Waals surface area contributed by atoms with Crippen LogP contribution in [0.15, 0.2) is 17.4 Å². The van der Waals surface area contributed by atoms with Gasteiger partial charge in [0.25, 0.3) is 0 Å². The zero-order chi connectivity index (χ0) is 17.9. The van der Waals surface area contributed by atoms with E-state index in [4.69, 9.17) is 0 Å². The predicted molar refractivity (Wildman–Crippen MR) is 73.2 cm³/mol. The first-order valence-corrected chi connectivity index (χ1v) is 7.57. The summed E-state index contributed by atoms with van der Waals surface area (Å²) in [5.74, 6) is -3.63. The lowest BCUT2D eigenvalue weighted by Crippen LogP contribution is -2.59. The van der Waals surface area contributed by atoms with Gasteiger partial charge >= 0.3 is 6.18 Å². The molecule has 2 fully saturated rings. The quantitative estimate of drug-likeness (QED) is 0.667. The maximum absolute atomic E-state index is 14.0. The van der Waals surface area contributed by atoms with Crippen LogP contribution in [0.3, 0.4) is 0 Å². The smallest absolute Gasteiger partial charge is 0.299 e. The first-order valence-electron chi connectivity index (χ1n) is 7.57. The van der Waals surface area contributed by atoms with Crippen molar-refractivity contribution in [1.29, 1.82) is 0 Å². The fourth-order valence-electron chi connectivity index (χ4n) is 3.87. The second-order valence-corrected chi connectivity index (χ2v) is 7.04. The van der Waals surface area contributed by atoms with E-state index in [1.807, 2.05) is 0 Å². The van der Waals surface area contributed by atoms with Crippen LogP contribution in [0.25, 0.3) is 0 Å². The third-order valence-corrected chi connectivity index (χ3v) is 4.93. The van der Waals surface area contributed by atoms with Crippen LogP contribution < -0.4 is 0 Å². The summed E-state index contributed by atoms with van der Waals surface area (Å²) in [6.07, 6.45) is -8.50. The highest BCUT2D eigenvalue weighted by Crippen LogP contribution is 2.63. The van der Waals surface area contributed by atoms with Gasteiger partial charge < -0.3 is 0 Å². The number of Topliss-reactive ketones (excluding diaryl/α,β-unsaturated/α-hetero) is 1. The van der Waals surface area contributed by atoms with E-state index in [0.717, 1.165) is 5.01 Å². The van der Waals surface area contributed by atoms with Crippen LogP contribution in [0, 0.1) is 5.41 Å². The molecule has 1 spiro atoms. The summed E-state index contributed by atoms with van der Waals surface area (Å²) in [7, 11) is 0. The molecule has 1 aliphatic heterocycles. The molecule has 3 rings (SSSR count). The molecule has 1 heterocycles. The summed E-state index contributed by atoms with van der Waals surface area (Å²) >= 11 is 0. The number of rotatable bonds is 1. The average Bonchev–Trinajstić information content (AvgIpc) is 2.34.